The molecule has 0 fully saturated rings. The summed E-state index contributed by atoms with van der Waals surface area (Å²) in [5.74, 6) is -3.60. The van der Waals surface area contributed by atoms with Crippen LogP contribution in [0.1, 0.15) is 32.6 Å². The Labute approximate surface area is 309 Å². The highest BCUT2D eigenvalue weighted by Gasteiger charge is 2.40. The summed E-state index contributed by atoms with van der Waals surface area (Å²) >= 11 is 13.3. The van der Waals surface area contributed by atoms with Gasteiger partial charge in [-0.1, -0.05) is 23.2 Å². The van der Waals surface area contributed by atoms with Gasteiger partial charge in [0.25, 0.3) is 22.9 Å². The standard InChI is InChI=1S/C35H32Cl2F2N6O8/c1-16-32(47)40-22-10-18(20(38)12-24(22)52-16)28-31(37)43-8-5-17(14-45(43)35(28)50)9-26-33(48)41(15-27(46)51-2)23-11-19(21(39)13-25(23)53-26)29-30(36)42-6-3-4-7-44(42)34(29)49/h10-13,16-17,26H,3-9,14-15H2,1-2H3,(H,40,47)/t16-,17?,26-/m0/s1. The molecule has 18 heteroatoms. The number of anilines is 2. The molecule has 14 nitrogen and oxygen atoms in total. The van der Waals surface area contributed by atoms with E-state index in [0.29, 0.717) is 19.5 Å². The number of rotatable bonds is 6. The number of carbonyl (C=O) groups is 3. The van der Waals surface area contributed by atoms with E-state index >= 15 is 8.78 Å². The van der Waals surface area contributed by atoms with Gasteiger partial charge in [0.2, 0.25) is 0 Å². The zero-order valence-electron chi connectivity index (χ0n) is 28.4. The summed E-state index contributed by atoms with van der Waals surface area (Å²) in [5, 5.41) is 2.72. The first-order chi connectivity index (χ1) is 25.4. The molecule has 4 aromatic rings. The third-order valence-electron chi connectivity index (χ3n) is 10.3. The first kappa shape index (κ1) is 35.0. The molecule has 0 aliphatic carbocycles. The Bertz CT molecular complexity index is 2370. The number of halogens is 4. The van der Waals surface area contributed by atoms with Crippen molar-refractivity contribution in [2.24, 2.45) is 5.92 Å². The van der Waals surface area contributed by atoms with Gasteiger partial charge in [0.15, 0.2) is 12.2 Å². The van der Waals surface area contributed by atoms with Gasteiger partial charge in [-0.3, -0.25) is 38.2 Å². The summed E-state index contributed by atoms with van der Waals surface area (Å²) < 4.78 is 53.7. The average Bonchev–Trinajstić information content (AvgIpc) is 3.53. The molecule has 0 spiro atoms. The largest absolute Gasteiger partial charge is 0.479 e. The summed E-state index contributed by atoms with van der Waals surface area (Å²) in [6, 6.07) is 4.75. The van der Waals surface area contributed by atoms with Crippen molar-refractivity contribution in [3.8, 4) is 33.8 Å². The minimum absolute atomic E-state index is 0.00184. The Hall–Kier alpha value is -5.09. The van der Waals surface area contributed by atoms with E-state index in [1.807, 2.05) is 0 Å². The van der Waals surface area contributed by atoms with Crippen LogP contribution in [0.2, 0.25) is 10.3 Å². The summed E-state index contributed by atoms with van der Waals surface area (Å²) in [4.78, 5) is 67.0. The maximum atomic E-state index is 15.9. The fourth-order valence-corrected chi connectivity index (χ4v) is 8.26. The van der Waals surface area contributed by atoms with Crippen molar-refractivity contribution in [1.82, 2.24) is 18.7 Å². The zero-order valence-corrected chi connectivity index (χ0v) is 29.9. The van der Waals surface area contributed by atoms with Crippen molar-refractivity contribution in [1.29, 1.82) is 0 Å². The Morgan fingerprint density at radius 1 is 0.868 bits per heavy atom. The first-order valence-corrected chi connectivity index (χ1v) is 17.8. The van der Waals surface area contributed by atoms with E-state index in [9.17, 15) is 24.0 Å². The number of hydrogen-bond donors (Lipinski definition) is 1. The van der Waals surface area contributed by atoms with Crippen molar-refractivity contribution in [2.45, 2.75) is 71.0 Å². The van der Waals surface area contributed by atoms with Gasteiger partial charge in [-0.25, -0.2) is 18.1 Å². The van der Waals surface area contributed by atoms with Gasteiger partial charge in [0.1, 0.15) is 40.0 Å². The highest BCUT2D eigenvalue weighted by molar-refractivity contribution is 6.32. The highest BCUT2D eigenvalue weighted by Crippen LogP contribution is 2.43. The molecule has 2 amide bonds. The fraction of sp³-hybridized carbons (Fsp3) is 0.400. The molecule has 2 aromatic carbocycles. The third-order valence-corrected chi connectivity index (χ3v) is 11.0. The Morgan fingerprint density at radius 2 is 1.49 bits per heavy atom. The molecule has 278 valence electrons. The van der Waals surface area contributed by atoms with E-state index in [0.717, 1.165) is 29.9 Å². The van der Waals surface area contributed by atoms with Crippen LogP contribution < -0.4 is 30.8 Å². The number of methoxy groups -OCH3 is 1. The van der Waals surface area contributed by atoms with Crippen LogP contribution in [-0.2, 0) is 45.3 Å². The van der Waals surface area contributed by atoms with Gasteiger partial charge in [-0.15, -0.1) is 0 Å². The van der Waals surface area contributed by atoms with E-state index in [2.05, 4.69) is 5.32 Å². The van der Waals surface area contributed by atoms with E-state index in [-0.39, 0.29) is 80.9 Å². The molecule has 6 heterocycles. The van der Waals surface area contributed by atoms with Crippen LogP contribution in [0.25, 0.3) is 22.3 Å². The second kappa shape index (κ2) is 13.1. The van der Waals surface area contributed by atoms with Crippen LogP contribution in [0, 0.1) is 17.6 Å². The number of nitrogens with one attached hydrogen (secondary N) is 1. The lowest BCUT2D eigenvalue weighted by atomic mass is 9.94. The maximum Gasteiger partial charge on any atom is 0.325 e. The quantitative estimate of drug-likeness (QED) is 0.284. The van der Waals surface area contributed by atoms with Crippen LogP contribution in [0.5, 0.6) is 11.5 Å². The van der Waals surface area contributed by atoms with Gasteiger partial charge in [-0.2, -0.15) is 0 Å². The summed E-state index contributed by atoms with van der Waals surface area (Å²) in [5.41, 5.74) is -1.21. The normalized spacial score (nSPS) is 20.4. The van der Waals surface area contributed by atoms with Gasteiger partial charge >= 0.3 is 5.97 Å². The number of amides is 2. The molecule has 0 radical (unpaired) electrons. The zero-order chi connectivity index (χ0) is 37.5. The van der Waals surface area contributed by atoms with Crippen molar-refractivity contribution in [2.75, 3.05) is 23.9 Å². The molecular weight excluding hydrogens is 741 g/mol. The van der Waals surface area contributed by atoms with Crippen molar-refractivity contribution in [3.63, 3.8) is 0 Å². The lowest BCUT2D eigenvalue weighted by Gasteiger charge is -2.36. The lowest BCUT2D eigenvalue weighted by Crippen LogP contribution is -2.49. The monoisotopic (exact) mass is 772 g/mol. The Balaban J connectivity index is 1.09. The molecule has 3 atom stereocenters. The average molecular weight is 774 g/mol. The molecule has 0 saturated heterocycles. The number of esters is 1. The number of aromatic nitrogens is 4. The second-order valence-corrected chi connectivity index (χ2v) is 14.2. The fourth-order valence-electron chi connectivity index (χ4n) is 7.54. The number of benzene rings is 2. The van der Waals surface area contributed by atoms with Gasteiger partial charge in [0.05, 0.1) is 29.6 Å². The summed E-state index contributed by atoms with van der Waals surface area (Å²) in [6.45, 7) is 2.24. The number of ether oxygens (including phenoxy) is 3. The Kier molecular flexibility index (Phi) is 8.64. The van der Waals surface area contributed by atoms with Crippen molar-refractivity contribution < 1.29 is 37.4 Å². The van der Waals surface area contributed by atoms with E-state index in [4.69, 9.17) is 37.4 Å². The number of hydrogen-bond acceptors (Lipinski definition) is 8. The summed E-state index contributed by atoms with van der Waals surface area (Å²) in [7, 11) is 1.17. The molecule has 53 heavy (non-hydrogen) atoms. The topological polar surface area (TPSA) is 148 Å². The minimum Gasteiger partial charge on any atom is -0.479 e. The predicted molar refractivity (Wildman–Crippen MR) is 188 cm³/mol. The molecular formula is C35H32Cl2F2N6O8. The number of fused-ring (bicyclic) bond motifs is 4. The number of carbonyl (C=O) groups excluding carboxylic acids is 3. The predicted octanol–water partition coefficient (Wildman–Crippen LogP) is 4.42. The third kappa shape index (κ3) is 5.69. The first-order valence-electron chi connectivity index (χ1n) is 17.0. The molecule has 1 N–H and O–H groups in total. The van der Waals surface area contributed by atoms with Gasteiger partial charge in [-0.05, 0) is 50.7 Å². The molecule has 4 aliphatic rings. The number of nitrogens with zero attached hydrogens (tertiary/aromatic N) is 5. The van der Waals surface area contributed by atoms with E-state index < -0.39 is 59.3 Å². The van der Waals surface area contributed by atoms with Gasteiger partial charge in [0, 0.05) is 49.4 Å². The van der Waals surface area contributed by atoms with Crippen LogP contribution in [0.4, 0.5) is 20.2 Å². The molecule has 8 rings (SSSR count). The lowest BCUT2D eigenvalue weighted by molar-refractivity contribution is -0.141. The van der Waals surface area contributed by atoms with Crippen molar-refractivity contribution >= 4 is 52.4 Å². The molecule has 2 aromatic heterocycles. The second-order valence-electron chi connectivity index (χ2n) is 13.5. The van der Waals surface area contributed by atoms with Crippen LogP contribution in [0.3, 0.4) is 0 Å². The molecule has 4 aliphatic heterocycles. The highest BCUT2D eigenvalue weighted by atomic mass is 35.5. The summed E-state index contributed by atoms with van der Waals surface area (Å²) in [6.07, 6.45) is 0.0667. The van der Waals surface area contributed by atoms with Crippen LogP contribution in [0.15, 0.2) is 33.9 Å². The van der Waals surface area contributed by atoms with Crippen LogP contribution in [-0.4, -0.2) is 62.4 Å². The molecule has 0 bridgehead atoms. The SMILES string of the molecule is COC(=O)CN1C(=O)[C@H](CC2CCn3c(Cl)c(-c4cc5c(cc4F)O[C@@H](C)C(=O)N5)c(=O)n3C2)Oc2cc(F)c(-c3c(Cl)n4n(c3=O)CCCC4)cc21. The van der Waals surface area contributed by atoms with Gasteiger partial charge < -0.3 is 19.5 Å². The van der Waals surface area contributed by atoms with E-state index in [1.54, 1.807) is 4.68 Å². The molecule has 0 saturated carbocycles. The van der Waals surface area contributed by atoms with Crippen molar-refractivity contribution in [3.05, 3.63) is 66.9 Å². The minimum atomic E-state index is -1.19. The smallest absolute Gasteiger partial charge is 0.325 e. The maximum absolute atomic E-state index is 15.9. The van der Waals surface area contributed by atoms with Crippen LogP contribution >= 0.6 is 23.2 Å². The van der Waals surface area contributed by atoms with E-state index in [1.165, 1.54) is 40.2 Å². The Morgan fingerprint density at radius 3 is 2.17 bits per heavy atom. The molecule has 1 unspecified atom stereocenters.